The molecule has 0 amide bonds. The summed E-state index contributed by atoms with van der Waals surface area (Å²) in [6, 6.07) is 2.19. The molecule has 1 N–H and O–H groups in total. The second kappa shape index (κ2) is 9.08. The largest absolute Gasteiger partial charge is 0.496 e. The van der Waals surface area contributed by atoms with E-state index in [-0.39, 0.29) is 28.0 Å². The maximum absolute atomic E-state index is 13.6. The van der Waals surface area contributed by atoms with Crippen molar-refractivity contribution in [3.63, 3.8) is 0 Å². The lowest BCUT2D eigenvalue weighted by molar-refractivity contribution is -0.129. The van der Waals surface area contributed by atoms with E-state index in [4.69, 9.17) is 25.8 Å². The molecule has 5 rings (SSSR count). The first-order valence-corrected chi connectivity index (χ1v) is 12.7. The third kappa shape index (κ3) is 3.59. The lowest BCUT2D eigenvalue weighted by atomic mass is 9.74. The molecule has 1 spiro atoms. The van der Waals surface area contributed by atoms with Gasteiger partial charge in [0.1, 0.15) is 22.1 Å². The quantitative estimate of drug-likeness (QED) is 0.627. The molecule has 34 heavy (non-hydrogen) atoms. The highest BCUT2D eigenvalue weighted by Gasteiger charge is 2.60. The number of piperidine rings is 2. The summed E-state index contributed by atoms with van der Waals surface area (Å²) in [7, 11) is 2.95. The van der Waals surface area contributed by atoms with Crippen LogP contribution in [0.25, 0.3) is 0 Å². The molecule has 7 nitrogen and oxygen atoms in total. The van der Waals surface area contributed by atoms with Crippen LogP contribution in [0.5, 0.6) is 17.2 Å². The van der Waals surface area contributed by atoms with Crippen LogP contribution >= 0.6 is 11.6 Å². The van der Waals surface area contributed by atoms with Crippen LogP contribution < -0.4 is 19.5 Å². The standard InChI is InChI=1S/C26H33ClN2O5/c1-15-11-17(28-14-16-7-6-10-29-9-5-4-8-18(16)29)12-21(30)26(15)25(31)22-19(32-2)13-20(33-3)23(27)24(22)34-26/h12-13,15-16,18,28H,4-11,14H2,1-3H3/t15-,16+,18-,26+/m1/s1. The fourth-order valence-electron chi connectivity index (χ4n) is 6.33. The normalized spacial score (nSPS) is 30.9. The molecule has 0 aromatic heterocycles. The third-order valence-electron chi connectivity index (χ3n) is 8.13. The van der Waals surface area contributed by atoms with E-state index in [0.717, 1.165) is 12.2 Å². The van der Waals surface area contributed by atoms with Crippen molar-refractivity contribution in [3.05, 3.63) is 28.4 Å². The van der Waals surface area contributed by atoms with Gasteiger partial charge in [-0.15, -0.1) is 0 Å². The van der Waals surface area contributed by atoms with Crippen LogP contribution in [0.3, 0.4) is 0 Å². The van der Waals surface area contributed by atoms with E-state index in [1.54, 1.807) is 12.1 Å². The van der Waals surface area contributed by atoms with Gasteiger partial charge in [-0.05, 0) is 51.1 Å². The maximum atomic E-state index is 13.6. The Balaban J connectivity index is 1.36. The Morgan fingerprint density at radius 1 is 1.15 bits per heavy atom. The number of nitrogens with zero attached hydrogens (tertiary/aromatic N) is 1. The van der Waals surface area contributed by atoms with Crippen LogP contribution in [0, 0.1) is 11.8 Å². The van der Waals surface area contributed by atoms with Crippen molar-refractivity contribution < 1.29 is 23.8 Å². The van der Waals surface area contributed by atoms with Crippen molar-refractivity contribution in [2.45, 2.75) is 57.1 Å². The van der Waals surface area contributed by atoms with E-state index < -0.39 is 11.4 Å². The lowest BCUT2D eigenvalue weighted by Gasteiger charge is -2.45. The third-order valence-corrected chi connectivity index (χ3v) is 8.49. The van der Waals surface area contributed by atoms with E-state index in [2.05, 4.69) is 10.2 Å². The van der Waals surface area contributed by atoms with Crippen molar-refractivity contribution in [3.8, 4) is 17.2 Å². The minimum atomic E-state index is -1.62. The number of hydrogen-bond acceptors (Lipinski definition) is 7. The predicted molar refractivity (Wildman–Crippen MR) is 129 cm³/mol. The van der Waals surface area contributed by atoms with Gasteiger partial charge in [0, 0.05) is 36.3 Å². The number of ether oxygens (including phenoxy) is 3. The number of carbonyl (C=O) groups is 2. The Hall–Kier alpha value is -2.25. The number of allylic oxidation sites excluding steroid dienone is 1. The maximum Gasteiger partial charge on any atom is 0.236 e. The first kappa shape index (κ1) is 23.5. The van der Waals surface area contributed by atoms with Gasteiger partial charge in [-0.1, -0.05) is 24.9 Å². The Labute approximate surface area is 205 Å². The van der Waals surface area contributed by atoms with Gasteiger partial charge < -0.3 is 24.4 Å². The van der Waals surface area contributed by atoms with Crippen molar-refractivity contribution >= 4 is 23.2 Å². The van der Waals surface area contributed by atoms with Crippen LogP contribution in [0.4, 0.5) is 0 Å². The Morgan fingerprint density at radius 3 is 2.65 bits per heavy atom. The summed E-state index contributed by atoms with van der Waals surface area (Å²) >= 11 is 6.47. The number of rotatable bonds is 5. The van der Waals surface area contributed by atoms with Crippen LogP contribution in [0.1, 0.15) is 55.8 Å². The fraction of sp³-hybridized carbons (Fsp3) is 0.615. The molecule has 2 saturated heterocycles. The molecule has 0 bridgehead atoms. The van der Waals surface area contributed by atoms with Crippen molar-refractivity contribution in [1.82, 2.24) is 10.2 Å². The zero-order valence-electron chi connectivity index (χ0n) is 20.1. The fourth-order valence-corrected chi connectivity index (χ4v) is 6.59. The molecule has 1 aromatic rings. The summed E-state index contributed by atoms with van der Waals surface area (Å²) in [5.74, 6) is 0.252. The van der Waals surface area contributed by atoms with Gasteiger partial charge in [0.05, 0.1) is 14.2 Å². The molecular weight excluding hydrogens is 456 g/mol. The van der Waals surface area contributed by atoms with Crippen LogP contribution in [-0.4, -0.2) is 62.0 Å². The average Bonchev–Trinajstić information content (AvgIpc) is 3.16. The van der Waals surface area contributed by atoms with Gasteiger partial charge in [0.15, 0.2) is 5.75 Å². The highest BCUT2D eigenvalue weighted by Crippen LogP contribution is 2.53. The molecule has 3 aliphatic heterocycles. The summed E-state index contributed by atoms with van der Waals surface area (Å²) in [5.41, 5.74) is -0.543. The molecule has 4 aliphatic rings. The molecule has 184 valence electrons. The first-order chi connectivity index (χ1) is 16.4. The second-order valence-electron chi connectivity index (χ2n) is 9.99. The van der Waals surface area contributed by atoms with Crippen LogP contribution in [0.2, 0.25) is 5.02 Å². The van der Waals surface area contributed by atoms with Gasteiger partial charge in [-0.25, -0.2) is 0 Å². The zero-order chi connectivity index (χ0) is 24.0. The summed E-state index contributed by atoms with van der Waals surface area (Å²) in [4.78, 5) is 29.7. The van der Waals surface area contributed by atoms with Crippen molar-refractivity contribution in [1.29, 1.82) is 0 Å². The van der Waals surface area contributed by atoms with Crippen molar-refractivity contribution in [2.75, 3.05) is 33.9 Å². The van der Waals surface area contributed by atoms with Crippen molar-refractivity contribution in [2.24, 2.45) is 11.8 Å². The number of benzene rings is 1. The van der Waals surface area contributed by atoms with Gasteiger partial charge >= 0.3 is 0 Å². The molecule has 0 radical (unpaired) electrons. The number of Topliss-reactive ketones (excluding diaryl/α,β-unsaturated/α-hetero) is 1. The van der Waals surface area contributed by atoms with Gasteiger partial charge in [-0.2, -0.15) is 0 Å². The molecule has 0 unspecified atom stereocenters. The number of carbonyl (C=O) groups excluding carboxylic acids is 2. The second-order valence-corrected chi connectivity index (χ2v) is 10.4. The molecule has 3 heterocycles. The Kier molecular flexibility index (Phi) is 6.27. The molecule has 0 saturated carbocycles. The van der Waals surface area contributed by atoms with E-state index in [1.807, 2.05) is 6.92 Å². The van der Waals surface area contributed by atoms with E-state index >= 15 is 0 Å². The van der Waals surface area contributed by atoms with E-state index in [9.17, 15) is 9.59 Å². The SMILES string of the molecule is COc1cc(OC)c2c(c1Cl)O[C@@]1(C(=O)C=C(NC[C@@H]3CCCN4CCCC[C@H]34)C[C@H]1C)C2=O. The number of nitrogens with one attached hydrogen (secondary N) is 1. The number of ketones is 2. The molecule has 1 aromatic carbocycles. The number of halogens is 1. The highest BCUT2D eigenvalue weighted by atomic mass is 35.5. The smallest absolute Gasteiger partial charge is 0.236 e. The van der Waals surface area contributed by atoms with Gasteiger partial charge in [0.25, 0.3) is 0 Å². The predicted octanol–water partition coefficient (Wildman–Crippen LogP) is 4.02. The summed E-state index contributed by atoms with van der Waals surface area (Å²) < 4.78 is 16.9. The number of hydrogen-bond donors (Lipinski definition) is 1. The zero-order valence-corrected chi connectivity index (χ0v) is 20.9. The molecule has 4 atom stereocenters. The molecule has 1 aliphatic carbocycles. The van der Waals surface area contributed by atoms with E-state index in [0.29, 0.717) is 29.9 Å². The average molecular weight is 489 g/mol. The minimum Gasteiger partial charge on any atom is -0.496 e. The van der Waals surface area contributed by atoms with E-state index in [1.165, 1.54) is 59.4 Å². The Morgan fingerprint density at radius 2 is 1.91 bits per heavy atom. The molecule has 2 fully saturated rings. The van der Waals surface area contributed by atoms with Gasteiger partial charge in [-0.3, -0.25) is 9.59 Å². The number of methoxy groups -OCH3 is 2. The lowest BCUT2D eigenvalue weighted by Crippen LogP contribution is -2.56. The summed E-state index contributed by atoms with van der Waals surface area (Å²) in [6.07, 6.45) is 8.41. The van der Waals surface area contributed by atoms with Gasteiger partial charge in [0.2, 0.25) is 17.2 Å². The topological polar surface area (TPSA) is 77.1 Å². The minimum absolute atomic E-state index is 0.160. The summed E-state index contributed by atoms with van der Waals surface area (Å²) in [5, 5.41) is 3.73. The monoisotopic (exact) mass is 488 g/mol. The molecule has 8 heteroatoms. The summed E-state index contributed by atoms with van der Waals surface area (Å²) in [6.45, 7) is 5.15. The number of fused-ring (bicyclic) bond motifs is 2. The Bertz CT molecular complexity index is 1040. The highest BCUT2D eigenvalue weighted by molar-refractivity contribution is 6.36. The van der Waals surface area contributed by atoms with Crippen LogP contribution in [0.15, 0.2) is 17.8 Å². The first-order valence-electron chi connectivity index (χ1n) is 12.3. The van der Waals surface area contributed by atoms with Crippen LogP contribution in [-0.2, 0) is 4.79 Å². The molecular formula is C26H33ClN2O5.